The number of carbonyl (C=O) groups is 1. The van der Waals surface area contributed by atoms with E-state index in [1.165, 1.54) is 10.7 Å². The molecule has 27 heavy (non-hydrogen) atoms. The fraction of sp³-hybridized carbons (Fsp3) is 0.136. The number of para-hydroxylation sites is 1. The van der Waals surface area contributed by atoms with E-state index in [9.17, 15) is 9.59 Å². The molecule has 0 N–H and O–H groups in total. The molecule has 0 fully saturated rings. The SMILES string of the molecule is C=CCN(C(=O)C(C)n1nc(-c2ccccc2)ccc1=O)c1ccccc1. The Morgan fingerprint density at radius 2 is 1.70 bits per heavy atom. The Balaban J connectivity index is 1.96. The van der Waals surface area contributed by atoms with Crippen LogP contribution < -0.4 is 10.5 Å². The fourth-order valence-corrected chi connectivity index (χ4v) is 2.86. The molecule has 2 aromatic carbocycles. The van der Waals surface area contributed by atoms with Gasteiger partial charge in [-0.2, -0.15) is 5.10 Å². The second kappa shape index (κ2) is 8.27. The van der Waals surface area contributed by atoms with Gasteiger partial charge in [0, 0.05) is 23.9 Å². The lowest BCUT2D eigenvalue weighted by Crippen LogP contribution is -2.40. The highest BCUT2D eigenvalue weighted by Crippen LogP contribution is 2.19. The van der Waals surface area contributed by atoms with Crippen LogP contribution in [-0.2, 0) is 4.79 Å². The summed E-state index contributed by atoms with van der Waals surface area (Å²) < 4.78 is 1.24. The highest BCUT2D eigenvalue weighted by Gasteiger charge is 2.24. The molecule has 3 aromatic rings. The highest BCUT2D eigenvalue weighted by molar-refractivity contribution is 5.96. The third kappa shape index (κ3) is 4.03. The minimum atomic E-state index is -0.749. The number of rotatable bonds is 6. The molecule has 136 valence electrons. The van der Waals surface area contributed by atoms with Crippen LogP contribution in [0.4, 0.5) is 5.69 Å². The lowest BCUT2D eigenvalue weighted by atomic mass is 10.1. The van der Waals surface area contributed by atoms with Crippen molar-refractivity contribution in [2.75, 3.05) is 11.4 Å². The van der Waals surface area contributed by atoms with E-state index in [1.807, 2.05) is 60.7 Å². The lowest BCUT2D eigenvalue weighted by molar-refractivity contribution is -0.121. The van der Waals surface area contributed by atoms with E-state index < -0.39 is 6.04 Å². The van der Waals surface area contributed by atoms with E-state index in [4.69, 9.17) is 0 Å². The van der Waals surface area contributed by atoms with Gasteiger partial charge in [0.15, 0.2) is 0 Å². The van der Waals surface area contributed by atoms with Gasteiger partial charge in [0.2, 0.25) is 0 Å². The molecule has 5 nitrogen and oxygen atoms in total. The molecule has 0 saturated heterocycles. The van der Waals surface area contributed by atoms with Crippen molar-refractivity contribution in [2.24, 2.45) is 0 Å². The largest absolute Gasteiger partial charge is 0.307 e. The normalized spacial score (nSPS) is 11.6. The molecule has 5 heteroatoms. The molecular formula is C22H21N3O2. The summed E-state index contributed by atoms with van der Waals surface area (Å²) in [5.74, 6) is -0.221. The Morgan fingerprint density at radius 3 is 2.33 bits per heavy atom. The topological polar surface area (TPSA) is 55.2 Å². The molecule has 1 aromatic heterocycles. The van der Waals surface area contributed by atoms with Crippen molar-refractivity contribution in [2.45, 2.75) is 13.0 Å². The van der Waals surface area contributed by atoms with Gasteiger partial charge in [-0.25, -0.2) is 4.68 Å². The van der Waals surface area contributed by atoms with Crippen molar-refractivity contribution >= 4 is 11.6 Å². The summed E-state index contributed by atoms with van der Waals surface area (Å²) in [5.41, 5.74) is 1.96. The fourth-order valence-electron chi connectivity index (χ4n) is 2.86. The smallest absolute Gasteiger partial charge is 0.267 e. The van der Waals surface area contributed by atoms with Gasteiger partial charge in [0.05, 0.1) is 5.69 Å². The molecule has 1 atom stereocenters. The zero-order valence-electron chi connectivity index (χ0n) is 15.2. The monoisotopic (exact) mass is 359 g/mol. The predicted molar refractivity (Wildman–Crippen MR) is 108 cm³/mol. The van der Waals surface area contributed by atoms with Crippen LogP contribution in [0.2, 0.25) is 0 Å². The van der Waals surface area contributed by atoms with E-state index >= 15 is 0 Å². The molecule has 0 radical (unpaired) electrons. The maximum absolute atomic E-state index is 13.1. The van der Waals surface area contributed by atoms with Gasteiger partial charge < -0.3 is 4.90 Å². The molecule has 0 spiro atoms. The van der Waals surface area contributed by atoms with E-state index in [1.54, 1.807) is 24.0 Å². The first-order valence-electron chi connectivity index (χ1n) is 8.74. The maximum atomic E-state index is 13.1. The van der Waals surface area contributed by atoms with Crippen LogP contribution in [0, 0.1) is 0 Å². The standard InChI is InChI=1S/C22H21N3O2/c1-3-16-24(19-12-8-5-9-13-19)22(27)17(2)25-21(26)15-14-20(23-25)18-10-6-4-7-11-18/h3-15,17H,1,16H2,2H3. The zero-order chi connectivity index (χ0) is 19.2. The number of anilines is 1. The average molecular weight is 359 g/mol. The van der Waals surface area contributed by atoms with Crippen LogP contribution in [0.5, 0.6) is 0 Å². The highest BCUT2D eigenvalue weighted by atomic mass is 16.2. The summed E-state index contributed by atoms with van der Waals surface area (Å²) in [6.07, 6.45) is 1.66. The van der Waals surface area contributed by atoms with Gasteiger partial charge in [-0.1, -0.05) is 54.6 Å². The molecule has 0 aliphatic carbocycles. The molecule has 0 bridgehead atoms. The first-order chi connectivity index (χ1) is 13.1. The molecule has 3 rings (SSSR count). The molecule has 0 aliphatic rings. The lowest BCUT2D eigenvalue weighted by Gasteiger charge is -2.25. The van der Waals surface area contributed by atoms with E-state index in [0.29, 0.717) is 12.2 Å². The number of carbonyl (C=O) groups excluding carboxylic acids is 1. The van der Waals surface area contributed by atoms with Crippen LogP contribution in [0.15, 0.2) is 90.2 Å². The summed E-state index contributed by atoms with van der Waals surface area (Å²) in [6, 6.07) is 21.2. The summed E-state index contributed by atoms with van der Waals surface area (Å²) in [4.78, 5) is 27.1. The predicted octanol–water partition coefficient (Wildman–Crippen LogP) is 3.69. The van der Waals surface area contributed by atoms with E-state index in [0.717, 1.165) is 11.3 Å². The Kier molecular flexibility index (Phi) is 5.61. The first kappa shape index (κ1) is 18.3. The Hall–Kier alpha value is -3.47. The number of amides is 1. The number of hydrogen-bond donors (Lipinski definition) is 0. The third-order valence-corrected chi connectivity index (χ3v) is 4.26. The van der Waals surface area contributed by atoms with Gasteiger partial charge in [0.1, 0.15) is 6.04 Å². The minimum absolute atomic E-state index is 0.221. The van der Waals surface area contributed by atoms with Crippen LogP contribution in [-0.4, -0.2) is 22.2 Å². The quantitative estimate of drug-likeness (QED) is 0.631. The second-order valence-electron chi connectivity index (χ2n) is 6.12. The Bertz CT molecular complexity index is 981. The van der Waals surface area contributed by atoms with Gasteiger partial charge in [-0.3, -0.25) is 9.59 Å². The molecular weight excluding hydrogens is 338 g/mol. The number of hydrogen-bond acceptors (Lipinski definition) is 3. The van der Waals surface area contributed by atoms with E-state index in [-0.39, 0.29) is 11.5 Å². The molecule has 1 amide bonds. The van der Waals surface area contributed by atoms with Crippen molar-refractivity contribution in [1.82, 2.24) is 9.78 Å². The van der Waals surface area contributed by atoms with Crippen LogP contribution in [0.1, 0.15) is 13.0 Å². The second-order valence-corrected chi connectivity index (χ2v) is 6.12. The van der Waals surface area contributed by atoms with Crippen LogP contribution in [0.25, 0.3) is 11.3 Å². The average Bonchev–Trinajstić information content (AvgIpc) is 2.72. The summed E-state index contributed by atoms with van der Waals surface area (Å²) in [7, 11) is 0. The van der Waals surface area contributed by atoms with Crippen LogP contribution in [0.3, 0.4) is 0 Å². The number of benzene rings is 2. The van der Waals surface area contributed by atoms with Crippen molar-refractivity contribution in [3.8, 4) is 11.3 Å². The maximum Gasteiger partial charge on any atom is 0.267 e. The van der Waals surface area contributed by atoms with Crippen molar-refractivity contribution in [3.63, 3.8) is 0 Å². The van der Waals surface area contributed by atoms with Crippen molar-refractivity contribution < 1.29 is 4.79 Å². The third-order valence-electron chi connectivity index (χ3n) is 4.26. The number of nitrogens with zero attached hydrogens (tertiary/aromatic N) is 3. The molecule has 0 aliphatic heterocycles. The van der Waals surface area contributed by atoms with Gasteiger partial charge >= 0.3 is 0 Å². The molecule has 1 heterocycles. The zero-order valence-corrected chi connectivity index (χ0v) is 15.2. The Morgan fingerprint density at radius 1 is 1.07 bits per heavy atom. The minimum Gasteiger partial charge on any atom is -0.307 e. The first-order valence-corrected chi connectivity index (χ1v) is 8.74. The van der Waals surface area contributed by atoms with Crippen molar-refractivity contribution in [1.29, 1.82) is 0 Å². The van der Waals surface area contributed by atoms with Gasteiger partial charge in [-0.15, -0.1) is 6.58 Å². The molecule has 0 saturated carbocycles. The van der Waals surface area contributed by atoms with Crippen molar-refractivity contribution in [3.05, 3.63) is 95.8 Å². The van der Waals surface area contributed by atoms with Gasteiger partial charge in [-0.05, 0) is 25.1 Å². The van der Waals surface area contributed by atoms with Crippen LogP contribution >= 0.6 is 0 Å². The number of aromatic nitrogens is 2. The summed E-state index contributed by atoms with van der Waals surface area (Å²) in [5, 5.41) is 4.43. The summed E-state index contributed by atoms with van der Waals surface area (Å²) in [6.45, 7) is 5.77. The Labute approximate surface area is 158 Å². The van der Waals surface area contributed by atoms with E-state index in [2.05, 4.69) is 11.7 Å². The molecule has 1 unspecified atom stereocenters. The summed E-state index contributed by atoms with van der Waals surface area (Å²) >= 11 is 0. The van der Waals surface area contributed by atoms with Gasteiger partial charge in [0.25, 0.3) is 11.5 Å².